The lowest BCUT2D eigenvalue weighted by atomic mass is 10.1. The van der Waals surface area contributed by atoms with Gasteiger partial charge in [0.25, 0.3) is 5.91 Å². The zero-order valence-corrected chi connectivity index (χ0v) is 15.7. The van der Waals surface area contributed by atoms with Gasteiger partial charge in [-0.1, -0.05) is 25.0 Å². The Kier molecular flexibility index (Phi) is 7.06. The van der Waals surface area contributed by atoms with E-state index in [9.17, 15) is 9.59 Å². The van der Waals surface area contributed by atoms with E-state index in [1.54, 1.807) is 0 Å². The molecule has 2 aliphatic rings. The lowest BCUT2D eigenvalue weighted by Gasteiger charge is -2.26. The fraction of sp³-hybridized carbons (Fsp3) is 0.619. The van der Waals surface area contributed by atoms with Gasteiger partial charge in [0.2, 0.25) is 5.91 Å². The molecule has 0 spiro atoms. The van der Waals surface area contributed by atoms with E-state index in [0.717, 1.165) is 50.1 Å². The summed E-state index contributed by atoms with van der Waals surface area (Å²) in [5, 5.41) is 3.00. The molecule has 26 heavy (non-hydrogen) atoms. The van der Waals surface area contributed by atoms with Gasteiger partial charge in [-0.25, -0.2) is 0 Å². The number of hydrogen-bond donors (Lipinski definition) is 1. The number of carbonyl (C=O) groups is 2. The summed E-state index contributed by atoms with van der Waals surface area (Å²) in [6, 6.07) is 7.66. The van der Waals surface area contributed by atoms with Crippen LogP contribution in [0.25, 0.3) is 0 Å². The molecule has 0 unspecified atom stereocenters. The highest BCUT2D eigenvalue weighted by Gasteiger charge is 2.18. The molecule has 0 atom stereocenters. The number of amides is 2. The molecule has 0 radical (unpaired) electrons. The summed E-state index contributed by atoms with van der Waals surface area (Å²) < 4.78 is 0. The molecule has 2 amide bonds. The van der Waals surface area contributed by atoms with Crippen LogP contribution in [0.15, 0.2) is 24.3 Å². The number of piperidine rings is 1. The third kappa shape index (κ3) is 5.56. The predicted molar refractivity (Wildman–Crippen MR) is 103 cm³/mol. The summed E-state index contributed by atoms with van der Waals surface area (Å²) in [6.45, 7) is 4.80. The van der Waals surface area contributed by atoms with Crippen LogP contribution >= 0.6 is 0 Å². The molecule has 1 aromatic carbocycles. The second kappa shape index (κ2) is 9.72. The Balaban J connectivity index is 1.44. The van der Waals surface area contributed by atoms with E-state index >= 15 is 0 Å². The Morgan fingerprint density at radius 1 is 0.808 bits per heavy atom. The van der Waals surface area contributed by atoms with Crippen LogP contribution in [0, 0.1) is 0 Å². The van der Waals surface area contributed by atoms with Gasteiger partial charge in [0, 0.05) is 25.2 Å². The number of nitrogens with zero attached hydrogens (tertiary/aromatic N) is 2. The van der Waals surface area contributed by atoms with Gasteiger partial charge in [0.15, 0.2) is 0 Å². The van der Waals surface area contributed by atoms with Crippen LogP contribution in [-0.2, 0) is 11.3 Å². The number of rotatable bonds is 5. The fourth-order valence-corrected chi connectivity index (χ4v) is 3.80. The van der Waals surface area contributed by atoms with Crippen LogP contribution in [0.2, 0.25) is 0 Å². The van der Waals surface area contributed by atoms with Gasteiger partial charge in [-0.05, 0) is 62.9 Å². The zero-order valence-electron chi connectivity index (χ0n) is 15.7. The van der Waals surface area contributed by atoms with Gasteiger partial charge in [0.1, 0.15) is 0 Å². The summed E-state index contributed by atoms with van der Waals surface area (Å²) in [5.41, 5.74) is 1.77. The van der Waals surface area contributed by atoms with Crippen molar-refractivity contribution in [3.63, 3.8) is 0 Å². The van der Waals surface area contributed by atoms with Crippen LogP contribution < -0.4 is 5.32 Å². The lowest BCUT2D eigenvalue weighted by Crippen LogP contribution is -2.37. The minimum Gasteiger partial charge on any atom is -0.351 e. The second-order valence-electron chi connectivity index (χ2n) is 7.52. The van der Waals surface area contributed by atoms with Gasteiger partial charge in [-0.3, -0.25) is 14.5 Å². The number of carbonyl (C=O) groups excluding carboxylic acids is 2. The largest absolute Gasteiger partial charge is 0.351 e. The van der Waals surface area contributed by atoms with Gasteiger partial charge < -0.3 is 10.2 Å². The minimum absolute atomic E-state index is 0.0837. The van der Waals surface area contributed by atoms with Crippen LogP contribution in [0.5, 0.6) is 0 Å². The van der Waals surface area contributed by atoms with E-state index in [4.69, 9.17) is 0 Å². The van der Waals surface area contributed by atoms with Gasteiger partial charge in [-0.2, -0.15) is 0 Å². The maximum absolute atomic E-state index is 12.5. The van der Waals surface area contributed by atoms with Crippen LogP contribution in [0.1, 0.15) is 60.9 Å². The van der Waals surface area contributed by atoms with Crippen molar-refractivity contribution in [3.8, 4) is 0 Å². The average Bonchev–Trinajstić information content (AvgIpc) is 2.95. The van der Waals surface area contributed by atoms with Crippen molar-refractivity contribution in [2.75, 3.05) is 32.7 Å². The molecule has 142 valence electrons. The Morgan fingerprint density at radius 2 is 1.38 bits per heavy atom. The molecule has 2 aliphatic heterocycles. The maximum Gasteiger partial charge on any atom is 0.253 e. The monoisotopic (exact) mass is 357 g/mol. The summed E-state index contributed by atoms with van der Waals surface area (Å²) in [6.07, 6.45) is 8.38. The molecule has 0 aromatic heterocycles. The first kappa shape index (κ1) is 18.9. The number of likely N-dealkylation sites (tertiary alicyclic amines) is 2. The molecule has 2 saturated heterocycles. The van der Waals surface area contributed by atoms with Crippen molar-refractivity contribution in [2.45, 2.75) is 51.5 Å². The molecule has 2 fully saturated rings. The van der Waals surface area contributed by atoms with Crippen LogP contribution in [0.3, 0.4) is 0 Å². The molecule has 2 heterocycles. The summed E-state index contributed by atoms with van der Waals surface area (Å²) in [4.78, 5) is 28.8. The third-order valence-corrected chi connectivity index (χ3v) is 5.40. The Labute approximate surface area is 156 Å². The first-order valence-corrected chi connectivity index (χ1v) is 10.1. The first-order chi connectivity index (χ1) is 12.7. The lowest BCUT2D eigenvalue weighted by molar-refractivity contribution is -0.122. The zero-order chi connectivity index (χ0) is 18.2. The highest BCUT2D eigenvalue weighted by atomic mass is 16.2. The van der Waals surface area contributed by atoms with Gasteiger partial charge >= 0.3 is 0 Å². The Morgan fingerprint density at radius 3 is 2.04 bits per heavy atom. The molecule has 0 bridgehead atoms. The Bertz CT molecular complexity index is 586. The first-order valence-electron chi connectivity index (χ1n) is 10.1. The third-order valence-electron chi connectivity index (χ3n) is 5.40. The smallest absolute Gasteiger partial charge is 0.253 e. The van der Waals surface area contributed by atoms with Crippen molar-refractivity contribution in [1.29, 1.82) is 0 Å². The SMILES string of the molecule is O=C(CN1CCCCCC1)NCc1ccc(C(=O)N2CCCCC2)cc1. The summed E-state index contributed by atoms with van der Waals surface area (Å²) in [5.74, 6) is 0.210. The molecule has 0 saturated carbocycles. The molecule has 0 aliphatic carbocycles. The highest BCUT2D eigenvalue weighted by molar-refractivity contribution is 5.94. The Hall–Kier alpha value is -1.88. The molecular formula is C21H31N3O2. The summed E-state index contributed by atoms with van der Waals surface area (Å²) >= 11 is 0. The van der Waals surface area contributed by atoms with Crippen molar-refractivity contribution in [1.82, 2.24) is 15.1 Å². The number of hydrogen-bond acceptors (Lipinski definition) is 3. The normalized spacial score (nSPS) is 19.0. The van der Waals surface area contributed by atoms with Crippen molar-refractivity contribution >= 4 is 11.8 Å². The number of nitrogens with one attached hydrogen (secondary N) is 1. The molecule has 5 nitrogen and oxygen atoms in total. The van der Waals surface area contributed by atoms with Crippen LogP contribution in [0.4, 0.5) is 0 Å². The number of benzene rings is 1. The molecule has 1 N–H and O–H groups in total. The van der Waals surface area contributed by atoms with E-state index < -0.39 is 0 Å². The van der Waals surface area contributed by atoms with Crippen LogP contribution in [-0.4, -0.2) is 54.3 Å². The summed E-state index contributed by atoms with van der Waals surface area (Å²) in [7, 11) is 0. The fourth-order valence-electron chi connectivity index (χ4n) is 3.80. The predicted octanol–water partition coefficient (Wildman–Crippen LogP) is 2.80. The van der Waals surface area contributed by atoms with E-state index in [-0.39, 0.29) is 11.8 Å². The van der Waals surface area contributed by atoms with E-state index in [2.05, 4.69) is 10.2 Å². The van der Waals surface area contributed by atoms with E-state index in [0.29, 0.717) is 13.1 Å². The van der Waals surface area contributed by atoms with Crippen molar-refractivity contribution < 1.29 is 9.59 Å². The van der Waals surface area contributed by atoms with E-state index in [1.165, 1.54) is 32.1 Å². The minimum atomic E-state index is 0.0837. The standard InChI is InChI=1S/C21H31N3O2/c25-20(17-23-12-4-1-2-5-13-23)22-16-18-8-10-19(11-9-18)21(26)24-14-6-3-7-15-24/h8-11H,1-7,12-17H2,(H,22,25). The van der Waals surface area contributed by atoms with Crippen molar-refractivity contribution in [3.05, 3.63) is 35.4 Å². The van der Waals surface area contributed by atoms with Gasteiger partial charge in [0.05, 0.1) is 6.54 Å². The highest BCUT2D eigenvalue weighted by Crippen LogP contribution is 2.14. The molecule has 3 rings (SSSR count). The quantitative estimate of drug-likeness (QED) is 0.882. The van der Waals surface area contributed by atoms with E-state index in [1.807, 2.05) is 29.2 Å². The topological polar surface area (TPSA) is 52.7 Å². The van der Waals surface area contributed by atoms with Crippen molar-refractivity contribution in [2.24, 2.45) is 0 Å². The average molecular weight is 357 g/mol. The second-order valence-corrected chi connectivity index (χ2v) is 7.52. The molecule has 1 aromatic rings. The maximum atomic E-state index is 12.5. The molecular weight excluding hydrogens is 326 g/mol. The molecule has 5 heteroatoms. The van der Waals surface area contributed by atoms with Gasteiger partial charge in [-0.15, -0.1) is 0 Å².